The van der Waals surface area contributed by atoms with Crippen molar-refractivity contribution in [2.24, 2.45) is 5.92 Å². The number of aliphatic hydroxyl groups is 1. The Kier molecular flexibility index (Phi) is 5.82. The van der Waals surface area contributed by atoms with Crippen LogP contribution in [0, 0.1) is 5.92 Å². The number of amides is 1. The number of rotatable bonds is 6. The normalized spacial score (nSPS) is 17.9. The van der Waals surface area contributed by atoms with E-state index < -0.39 is 0 Å². The van der Waals surface area contributed by atoms with Gasteiger partial charge in [0.1, 0.15) is 0 Å². The fourth-order valence-electron chi connectivity index (χ4n) is 3.30. The zero-order chi connectivity index (χ0) is 15.4. The van der Waals surface area contributed by atoms with E-state index in [2.05, 4.69) is 20.8 Å². The zero-order valence-corrected chi connectivity index (χ0v) is 14.2. The number of nitrogens with zero attached hydrogens (tertiary/aromatic N) is 1. The first kappa shape index (κ1) is 16.5. The van der Waals surface area contributed by atoms with E-state index in [0.29, 0.717) is 6.54 Å². The van der Waals surface area contributed by atoms with Crippen LogP contribution in [0.5, 0.6) is 0 Å². The minimum absolute atomic E-state index is 0.0333. The summed E-state index contributed by atoms with van der Waals surface area (Å²) in [4.78, 5) is 16.2. The first-order chi connectivity index (χ1) is 10.1. The largest absolute Gasteiger partial charge is 0.395 e. The third-order valence-corrected chi connectivity index (χ3v) is 5.67. The average molecular weight is 309 g/mol. The van der Waals surface area contributed by atoms with Crippen LogP contribution >= 0.6 is 11.3 Å². The van der Waals surface area contributed by atoms with Gasteiger partial charge in [-0.05, 0) is 43.6 Å². The van der Waals surface area contributed by atoms with E-state index in [-0.39, 0.29) is 18.6 Å². The maximum absolute atomic E-state index is 12.9. The van der Waals surface area contributed by atoms with Gasteiger partial charge in [-0.25, -0.2) is 0 Å². The van der Waals surface area contributed by atoms with Gasteiger partial charge in [0, 0.05) is 22.8 Å². The van der Waals surface area contributed by atoms with Gasteiger partial charge in [0.2, 0.25) is 0 Å². The summed E-state index contributed by atoms with van der Waals surface area (Å²) in [5.74, 6) is 0.844. The summed E-state index contributed by atoms with van der Waals surface area (Å²) >= 11 is 1.74. The van der Waals surface area contributed by atoms with Gasteiger partial charge in [0.25, 0.3) is 5.91 Å². The lowest BCUT2D eigenvalue weighted by atomic mass is 9.88. The van der Waals surface area contributed by atoms with Crippen LogP contribution < -0.4 is 0 Å². The molecule has 4 heteroatoms. The maximum Gasteiger partial charge on any atom is 0.255 e. The van der Waals surface area contributed by atoms with Crippen LogP contribution in [-0.4, -0.2) is 35.1 Å². The monoisotopic (exact) mass is 309 g/mol. The molecule has 1 unspecified atom stereocenters. The molecule has 3 nitrogen and oxygen atoms in total. The molecular formula is C17H27NO2S. The molecule has 0 radical (unpaired) electrons. The predicted octanol–water partition coefficient (Wildman–Crippen LogP) is 3.50. The quantitative estimate of drug-likeness (QED) is 0.874. The lowest BCUT2D eigenvalue weighted by Gasteiger charge is -2.30. The highest BCUT2D eigenvalue weighted by Gasteiger charge is 2.28. The molecule has 1 aliphatic rings. The second kappa shape index (κ2) is 7.41. The van der Waals surface area contributed by atoms with E-state index in [0.717, 1.165) is 37.2 Å². The molecular weight excluding hydrogens is 282 g/mol. The number of aliphatic hydroxyl groups excluding tert-OH is 1. The van der Waals surface area contributed by atoms with Gasteiger partial charge in [-0.15, -0.1) is 11.3 Å². The number of hydrogen-bond donors (Lipinski definition) is 1. The zero-order valence-electron chi connectivity index (χ0n) is 13.4. The van der Waals surface area contributed by atoms with Crippen LogP contribution in [0.3, 0.4) is 0 Å². The summed E-state index contributed by atoms with van der Waals surface area (Å²) in [7, 11) is 0. The highest BCUT2D eigenvalue weighted by molar-refractivity contribution is 7.10. The highest BCUT2D eigenvalue weighted by Crippen LogP contribution is 2.33. The molecule has 0 bridgehead atoms. The minimum atomic E-state index is 0.0333. The van der Waals surface area contributed by atoms with Crippen LogP contribution in [0.25, 0.3) is 0 Å². The summed E-state index contributed by atoms with van der Waals surface area (Å²) < 4.78 is 0. The smallest absolute Gasteiger partial charge is 0.255 e. The summed E-state index contributed by atoms with van der Waals surface area (Å²) in [6, 6.07) is 0.225. The van der Waals surface area contributed by atoms with Crippen molar-refractivity contribution in [3.63, 3.8) is 0 Å². The Morgan fingerprint density at radius 3 is 2.81 bits per heavy atom. The SMILES string of the molecule is CCC(CC)N(CCO)C(=O)c1csc2c1CCC(C)C2. The maximum atomic E-state index is 12.9. The highest BCUT2D eigenvalue weighted by atomic mass is 32.1. The number of carbonyl (C=O) groups excluding carboxylic acids is 1. The molecule has 1 atom stereocenters. The molecule has 2 rings (SSSR count). The molecule has 1 N–H and O–H groups in total. The molecule has 0 saturated heterocycles. The fraction of sp³-hybridized carbons (Fsp3) is 0.706. The first-order valence-electron chi connectivity index (χ1n) is 8.13. The van der Waals surface area contributed by atoms with E-state index in [1.165, 1.54) is 16.9 Å². The summed E-state index contributed by atoms with van der Waals surface area (Å²) in [5, 5.41) is 11.3. The Morgan fingerprint density at radius 2 is 2.19 bits per heavy atom. The standard InChI is InChI=1S/C17H27NO2S/c1-4-13(5-2)18(8-9-19)17(20)15-11-21-16-10-12(3)6-7-14(15)16/h11-13,19H,4-10H2,1-3H3. The van der Waals surface area contributed by atoms with E-state index in [1.807, 2.05) is 10.3 Å². The number of fused-ring (bicyclic) bond motifs is 1. The topological polar surface area (TPSA) is 40.5 Å². The number of thiophene rings is 1. The van der Waals surface area contributed by atoms with Gasteiger partial charge in [-0.3, -0.25) is 4.79 Å². The molecule has 0 saturated carbocycles. The van der Waals surface area contributed by atoms with E-state index in [4.69, 9.17) is 0 Å². The number of hydrogen-bond acceptors (Lipinski definition) is 3. The summed E-state index contributed by atoms with van der Waals surface area (Å²) in [6.07, 6.45) is 5.18. The van der Waals surface area contributed by atoms with Crippen molar-refractivity contribution in [1.82, 2.24) is 4.90 Å². The lowest BCUT2D eigenvalue weighted by Crippen LogP contribution is -2.41. The van der Waals surface area contributed by atoms with Gasteiger partial charge in [0.15, 0.2) is 0 Å². The van der Waals surface area contributed by atoms with Crippen molar-refractivity contribution in [2.45, 2.75) is 58.9 Å². The summed E-state index contributed by atoms with van der Waals surface area (Å²) in [6.45, 7) is 6.97. The van der Waals surface area contributed by atoms with Crippen molar-refractivity contribution >= 4 is 17.2 Å². The van der Waals surface area contributed by atoms with E-state index in [9.17, 15) is 9.90 Å². The van der Waals surface area contributed by atoms with Crippen molar-refractivity contribution < 1.29 is 9.90 Å². The van der Waals surface area contributed by atoms with Crippen LogP contribution in [0.1, 0.15) is 60.8 Å². The van der Waals surface area contributed by atoms with Crippen molar-refractivity contribution in [1.29, 1.82) is 0 Å². The molecule has 0 aromatic carbocycles. The number of carbonyl (C=O) groups is 1. The van der Waals surface area contributed by atoms with E-state index >= 15 is 0 Å². The Bertz CT molecular complexity index is 479. The second-order valence-corrected chi connectivity index (χ2v) is 7.06. The van der Waals surface area contributed by atoms with E-state index in [1.54, 1.807) is 11.3 Å². The van der Waals surface area contributed by atoms with Gasteiger partial charge >= 0.3 is 0 Å². The molecule has 1 aromatic heterocycles. The second-order valence-electron chi connectivity index (χ2n) is 6.09. The molecule has 118 valence electrons. The fourth-order valence-corrected chi connectivity index (χ4v) is 4.54. The average Bonchev–Trinajstić information content (AvgIpc) is 2.89. The Morgan fingerprint density at radius 1 is 1.48 bits per heavy atom. The van der Waals surface area contributed by atoms with Crippen molar-refractivity contribution in [2.75, 3.05) is 13.2 Å². The first-order valence-corrected chi connectivity index (χ1v) is 9.01. The van der Waals surface area contributed by atoms with Crippen LogP contribution in [0.15, 0.2) is 5.38 Å². The molecule has 0 aliphatic heterocycles. The molecule has 1 aliphatic carbocycles. The molecule has 1 aromatic rings. The Balaban J connectivity index is 2.25. The molecule has 1 heterocycles. The van der Waals surface area contributed by atoms with Crippen molar-refractivity contribution in [3.8, 4) is 0 Å². The van der Waals surface area contributed by atoms with Gasteiger partial charge < -0.3 is 10.0 Å². The van der Waals surface area contributed by atoms with Crippen LogP contribution in [0.4, 0.5) is 0 Å². The molecule has 0 spiro atoms. The minimum Gasteiger partial charge on any atom is -0.395 e. The summed E-state index contributed by atoms with van der Waals surface area (Å²) in [5.41, 5.74) is 2.17. The molecule has 21 heavy (non-hydrogen) atoms. The van der Waals surface area contributed by atoms with Gasteiger partial charge in [-0.1, -0.05) is 20.8 Å². The van der Waals surface area contributed by atoms with Crippen LogP contribution in [0.2, 0.25) is 0 Å². The third kappa shape index (κ3) is 3.49. The van der Waals surface area contributed by atoms with Crippen LogP contribution in [-0.2, 0) is 12.8 Å². The molecule has 1 amide bonds. The van der Waals surface area contributed by atoms with Gasteiger partial charge in [-0.2, -0.15) is 0 Å². The third-order valence-electron chi connectivity index (χ3n) is 4.62. The Labute approximate surface area is 132 Å². The lowest BCUT2D eigenvalue weighted by molar-refractivity contribution is 0.0621. The molecule has 0 fully saturated rings. The Hall–Kier alpha value is -0.870. The predicted molar refractivity (Wildman–Crippen MR) is 88.0 cm³/mol. The van der Waals surface area contributed by atoms with Gasteiger partial charge in [0.05, 0.1) is 12.2 Å². The van der Waals surface area contributed by atoms with Crippen molar-refractivity contribution in [3.05, 3.63) is 21.4 Å².